The van der Waals surface area contributed by atoms with E-state index in [4.69, 9.17) is 17.3 Å². The molecule has 3 heteroatoms. The van der Waals surface area contributed by atoms with Crippen molar-refractivity contribution >= 4 is 34.7 Å². The molecular weight excluding hydrogens is 134 g/mol. The molecule has 0 aliphatic carbocycles. The monoisotopic (exact) mass is 143 g/mol. The Labute approximate surface area is 74.1 Å². The van der Waals surface area contributed by atoms with Gasteiger partial charge in [-0.25, -0.2) is 0 Å². The van der Waals surface area contributed by atoms with Gasteiger partial charge < -0.3 is 8.59 Å². The third-order valence-electron chi connectivity index (χ3n) is 0.369. The molecule has 0 atom stereocenters. The maximum Gasteiger partial charge on any atom is 2.00 e. The first-order chi connectivity index (χ1) is 3.06. The van der Waals surface area contributed by atoms with Gasteiger partial charge >= 0.3 is 23.1 Å². The van der Waals surface area contributed by atoms with Crippen LogP contribution in [0.15, 0.2) is 0 Å². The van der Waals surface area contributed by atoms with Crippen LogP contribution in [0.1, 0.15) is 16.7 Å². The fraction of sp³-hybridized carbons (Fsp3) is 0.600. The third kappa shape index (κ3) is 9.76. The van der Waals surface area contributed by atoms with Crippen molar-refractivity contribution in [3.63, 3.8) is 0 Å². The molecule has 8 heavy (non-hydrogen) atoms. The van der Waals surface area contributed by atoms with E-state index in [9.17, 15) is 0 Å². The number of halogens is 1. The zero-order valence-electron chi connectivity index (χ0n) is 7.16. The van der Waals surface area contributed by atoms with Crippen molar-refractivity contribution < 1.29 is 2.85 Å². The van der Waals surface area contributed by atoms with Gasteiger partial charge in [0, 0.05) is 5.38 Å². The number of hydrogen-bond acceptors (Lipinski definition) is 1. The van der Waals surface area contributed by atoms with E-state index < -0.39 is 5.54 Å². The molecule has 2 N–H and O–H groups in total. The van der Waals surface area contributed by atoms with Crippen LogP contribution < -0.4 is 5.73 Å². The van der Waals surface area contributed by atoms with Gasteiger partial charge in [-0.15, -0.1) is 0 Å². The van der Waals surface area contributed by atoms with E-state index in [2.05, 4.69) is 11.3 Å². The quantitative estimate of drug-likeness (QED) is 0.394. The molecule has 1 nitrogen and oxygen atoms in total. The predicted molar refractivity (Wildman–Crippen MR) is 39.9 cm³/mol. The summed E-state index contributed by atoms with van der Waals surface area (Å²) in [6.45, 7) is 3.59. The van der Waals surface area contributed by atoms with Gasteiger partial charge in [-0.1, -0.05) is 5.92 Å². The SMILES string of the molecule is CC(C)(N)C#CCl.[H-].[H-].[Mg+2]. The second-order valence-electron chi connectivity index (χ2n) is 1.94. The molecule has 0 saturated heterocycles. The smallest absolute Gasteiger partial charge is 1.00 e. The Bertz CT molecular complexity index is 113. The average molecular weight is 144 g/mol. The van der Waals surface area contributed by atoms with E-state index in [0.29, 0.717) is 0 Å². The molecular formula is C5H10ClMgN. The van der Waals surface area contributed by atoms with Crippen LogP contribution in [0.5, 0.6) is 0 Å². The van der Waals surface area contributed by atoms with Gasteiger partial charge in [0.2, 0.25) is 0 Å². The Morgan fingerprint density at radius 1 is 1.62 bits per heavy atom. The van der Waals surface area contributed by atoms with Crippen molar-refractivity contribution in [3.8, 4) is 11.3 Å². The van der Waals surface area contributed by atoms with Crippen LogP contribution in [0.3, 0.4) is 0 Å². The zero-order valence-corrected chi connectivity index (χ0v) is 7.33. The number of rotatable bonds is 0. The van der Waals surface area contributed by atoms with Gasteiger partial charge in [-0.3, -0.25) is 0 Å². The largest absolute Gasteiger partial charge is 2.00 e. The Kier molecular flexibility index (Phi) is 6.34. The van der Waals surface area contributed by atoms with Crippen molar-refractivity contribution in [2.45, 2.75) is 19.4 Å². The summed E-state index contributed by atoms with van der Waals surface area (Å²) in [5, 5.41) is 2.20. The summed E-state index contributed by atoms with van der Waals surface area (Å²) < 4.78 is 0. The predicted octanol–water partition coefficient (Wildman–Crippen LogP) is 0.768. The van der Waals surface area contributed by atoms with E-state index in [0.717, 1.165) is 0 Å². The maximum atomic E-state index is 5.39. The Morgan fingerprint density at radius 3 is 2.00 bits per heavy atom. The molecule has 0 aliphatic heterocycles. The molecule has 0 heterocycles. The summed E-state index contributed by atoms with van der Waals surface area (Å²) in [5.41, 5.74) is 4.95. The minimum atomic E-state index is -0.443. The van der Waals surface area contributed by atoms with E-state index in [1.54, 1.807) is 13.8 Å². The van der Waals surface area contributed by atoms with E-state index >= 15 is 0 Å². The first-order valence-corrected chi connectivity index (χ1v) is 2.36. The normalized spacial score (nSPS) is 8.50. The summed E-state index contributed by atoms with van der Waals surface area (Å²) >= 11 is 5.05. The van der Waals surface area contributed by atoms with Gasteiger partial charge in [0.25, 0.3) is 0 Å². The van der Waals surface area contributed by atoms with Gasteiger partial charge in [0.1, 0.15) is 0 Å². The second kappa shape index (κ2) is 4.45. The third-order valence-corrected chi connectivity index (χ3v) is 0.464. The average Bonchev–Trinajstić information content (AvgIpc) is 1.30. The summed E-state index contributed by atoms with van der Waals surface area (Å²) in [7, 11) is 0. The number of nitrogens with two attached hydrogens (primary N) is 1. The van der Waals surface area contributed by atoms with Crippen LogP contribution >= 0.6 is 11.6 Å². The molecule has 0 rings (SSSR count). The molecule has 0 radical (unpaired) electrons. The molecule has 0 saturated carbocycles. The van der Waals surface area contributed by atoms with E-state index in [1.165, 1.54) is 0 Å². The van der Waals surface area contributed by atoms with Crippen LogP contribution in [0, 0.1) is 11.3 Å². The van der Waals surface area contributed by atoms with Crippen LogP contribution in [-0.2, 0) is 0 Å². The van der Waals surface area contributed by atoms with Gasteiger partial charge in [-0.05, 0) is 25.4 Å². The topological polar surface area (TPSA) is 26.0 Å². The van der Waals surface area contributed by atoms with Crippen molar-refractivity contribution in [3.05, 3.63) is 0 Å². The fourth-order valence-corrected chi connectivity index (χ4v) is 0.365. The van der Waals surface area contributed by atoms with Crippen LogP contribution in [0.2, 0.25) is 0 Å². The second-order valence-corrected chi connectivity index (χ2v) is 2.13. The van der Waals surface area contributed by atoms with Crippen molar-refractivity contribution in [2.24, 2.45) is 5.73 Å². The first-order valence-electron chi connectivity index (χ1n) is 1.98. The zero-order chi connectivity index (χ0) is 5.91. The van der Waals surface area contributed by atoms with Crippen LogP contribution in [0.4, 0.5) is 0 Å². The maximum absolute atomic E-state index is 5.39. The molecule has 0 fully saturated rings. The molecule has 44 valence electrons. The molecule has 0 bridgehead atoms. The standard InChI is InChI=1S/C5H8ClN.Mg.2H/c1-5(2,7)3-4-6;;;/h7H2,1-2H3;;;/q;+2;2*-1. The van der Waals surface area contributed by atoms with Crippen molar-refractivity contribution in [1.82, 2.24) is 0 Å². The van der Waals surface area contributed by atoms with Crippen molar-refractivity contribution in [1.29, 1.82) is 0 Å². The van der Waals surface area contributed by atoms with Gasteiger partial charge in [0.05, 0.1) is 5.54 Å². The summed E-state index contributed by atoms with van der Waals surface area (Å²) in [4.78, 5) is 0. The fourth-order valence-electron chi connectivity index (χ4n) is 0.122. The molecule has 0 aliphatic rings. The van der Waals surface area contributed by atoms with E-state index in [-0.39, 0.29) is 25.9 Å². The minimum absolute atomic E-state index is 0. The molecule has 0 spiro atoms. The summed E-state index contributed by atoms with van der Waals surface area (Å²) in [6.07, 6.45) is 0. The molecule has 0 unspecified atom stereocenters. The van der Waals surface area contributed by atoms with Crippen molar-refractivity contribution in [2.75, 3.05) is 0 Å². The Morgan fingerprint density at radius 2 is 2.00 bits per heavy atom. The molecule has 0 aromatic rings. The summed E-state index contributed by atoms with van der Waals surface area (Å²) in [5.74, 6) is 2.58. The molecule has 0 amide bonds. The van der Waals surface area contributed by atoms with Crippen LogP contribution in [-0.4, -0.2) is 28.6 Å². The number of hydrogen-bond donors (Lipinski definition) is 1. The molecule has 0 aromatic heterocycles. The Balaban J connectivity index is -0.0000000600. The summed E-state index contributed by atoms with van der Waals surface area (Å²) in [6, 6.07) is 0. The van der Waals surface area contributed by atoms with Gasteiger partial charge in [0.15, 0.2) is 0 Å². The van der Waals surface area contributed by atoms with E-state index in [1.807, 2.05) is 0 Å². The molecule has 0 aromatic carbocycles. The Hall–Kier alpha value is 0.576. The van der Waals surface area contributed by atoms with Gasteiger partial charge in [-0.2, -0.15) is 0 Å². The van der Waals surface area contributed by atoms with Crippen LogP contribution in [0.25, 0.3) is 0 Å². The minimum Gasteiger partial charge on any atom is -1.00 e. The first kappa shape index (κ1) is 11.4.